The van der Waals surface area contributed by atoms with Gasteiger partial charge in [0.05, 0.1) is 22.9 Å². The van der Waals surface area contributed by atoms with Crippen LogP contribution in [0.5, 0.6) is 5.88 Å². The van der Waals surface area contributed by atoms with Crippen LogP contribution in [0.15, 0.2) is 41.7 Å². The zero-order valence-corrected chi connectivity index (χ0v) is 21.8. The third-order valence-corrected chi connectivity index (χ3v) is 9.03. The molecule has 0 spiro atoms. The molecule has 1 amide bonds. The van der Waals surface area contributed by atoms with E-state index in [0.717, 1.165) is 31.5 Å². The molecule has 2 aromatic heterocycles. The molecule has 0 radical (unpaired) electrons. The summed E-state index contributed by atoms with van der Waals surface area (Å²) >= 11 is 1.34. The van der Waals surface area contributed by atoms with Crippen molar-refractivity contribution in [1.29, 1.82) is 0 Å². The Morgan fingerprint density at radius 1 is 1.32 bits per heavy atom. The van der Waals surface area contributed by atoms with Crippen LogP contribution in [0, 0.1) is 24.1 Å². The fourth-order valence-electron chi connectivity index (χ4n) is 5.80. The summed E-state index contributed by atoms with van der Waals surface area (Å²) in [6, 6.07) is 6.77. The molecule has 3 aromatic rings. The lowest BCUT2D eigenvalue weighted by atomic mass is 9.84. The number of aliphatic imine (C=N–C) groups is 1. The molecule has 3 aliphatic rings. The third kappa shape index (κ3) is 4.06. The number of amides is 1. The van der Waals surface area contributed by atoms with Crippen molar-refractivity contribution in [3.63, 3.8) is 0 Å². The summed E-state index contributed by atoms with van der Waals surface area (Å²) in [6.45, 7) is 3.53. The highest BCUT2D eigenvalue weighted by molar-refractivity contribution is 8.15. The molecule has 6 rings (SSSR count). The lowest BCUT2D eigenvalue weighted by Gasteiger charge is -2.35. The van der Waals surface area contributed by atoms with Crippen molar-refractivity contribution in [2.75, 3.05) is 19.7 Å². The van der Waals surface area contributed by atoms with Gasteiger partial charge in [-0.05, 0) is 43.9 Å². The number of nitrogens with zero attached hydrogens (tertiary/aromatic N) is 5. The summed E-state index contributed by atoms with van der Waals surface area (Å²) < 4.78 is 20.1. The van der Waals surface area contributed by atoms with Crippen LogP contribution in [-0.2, 0) is 16.8 Å². The molecule has 2 fully saturated rings. The summed E-state index contributed by atoms with van der Waals surface area (Å²) in [5, 5.41) is 0.326. The zero-order valence-electron chi connectivity index (χ0n) is 21.0. The minimum atomic E-state index is -0.944. The predicted octanol–water partition coefficient (Wildman–Crippen LogP) is 3.42. The Morgan fingerprint density at radius 2 is 2.13 bits per heavy atom. The second kappa shape index (κ2) is 9.24. The van der Waals surface area contributed by atoms with Gasteiger partial charge in [0.25, 0.3) is 0 Å². The number of aromatic nitrogens is 3. The number of thioether (sulfide) groups is 1. The van der Waals surface area contributed by atoms with Crippen molar-refractivity contribution >= 4 is 33.9 Å². The SMILES string of the molecule is C#CCOc1cnc2c(Cc3ccc(F)c([C@@]4(C)N=C(N)S[C@@]5(C(=O)N6CCCC6)C[C@H]54)c3)nccc2n1. The van der Waals surface area contributed by atoms with E-state index in [1.807, 2.05) is 17.9 Å². The van der Waals surface area contributed by atoms with Gasteiger partial charge < -0.3 is 15.4 Å². The van der Waals surface area contributed by atoms with Gasteiger partial charge in [-0.3, -0.25) is 14.8 Å². The van der Waals surface area contributed by atoms with E-state index in [1.165, 1.54) is 24.0 Å². The maximum absolute atomic E-state index is 15.4. The van der Waals surface area contributed by atoms with Gasteiger partial charge in [-0.2, -0.15) is 0 Å². The molecule has 0 unspecified atom stereocenters. The number of fused-ring (bicyclic) bond motifs is 2. The van der Waals surface area contributed by atoms with Crippen LogP contribution < -0.4 is 10.5 Å². The van der Waals surface area contributed by atoms with Crippen molar-refractivity contribution in [3.05, 3.63) is 59.3 Å². The summed E-state index contributed by atoms with van der Waals surface area (Å²) in [4.78, 5) is 33.6. The molecule has 10 heteroatoms. The standard InChI is InChI=1S/C28H27FN6O2S/c1-3-12-37-23-16-32-24-20(33-23)8-9-31-21(24)14-17-6-7-19(29)18(13-17)27(2)22-15-28(22,38-26(30)34-27)25(36)35-10-4-5-11-35/h1,6-9,13,16,22H,4-5,10-12,14-15H2,2H3,(H2,30,34)/t22-,27+,28-/m0/s1. The second-order valence-electron chi connectivity index (χ2n) is 10.2. The fourth-order valence-corrected chi connectivity index (χ4v) is 7.25. The van der Waals surface area contributed by atoms with Gasteiger partial charge in [-0.1, -0.05) is 29.8 Å². The first kappa shape index (κ1) is 24.6. The average molecular weight is 531 g/mol. The van der Waals surface area contributed by atoms with Crippen LogP contribution in [0.4, 0.5) is 4.39 Å². The smallest absolute Gasteiger partial charge is 0.239 e. The Balaban J connectivity index is 1.32. The Kier molecular flexibility index (Phi) is 5.99. The molecular weight excluding hydrogens is 503 g/mol. The molecule has 2 aliphatic heterocycles. The van der Waals surface area contributed by atoms with Crippen LogP contribution in [0.25, 0.3) is 11.0 Å². The molecule has 8 nitrogen and oxygen atoms in total. The molecule has 1 saturated carbocycles. The van der Waals surface area contributed by atoms with Crippen LogP contribution in [-0.4, -0.2) is 55.4 Å². The van der Waals surface area contributed by atoms with Crippen LogP contribution in [0.2, 0.25) is 0 Å². The highest BCUT2D eigenvalue weighted by Gasteiger charge is 2.71. The van der Waals surface area contributed by atoms with E-state index >= 15 is 4.39 Å². The monoisotopic (exact) mass is 530 g/mol. The number of benzene rings is 1. The first-order valence-electron chi connectivity index (χ1n) is 12.6. The number of nitrogens with two attached hydrogens (primary N) is 1. The summed E-state index contributed by atoms with van der Waals surface area (Å²) in [7, 11) is 0. The van der Waals surface area contributed by atoms with Crippen molar-refractivity contribution in [3.8, 4) is 18.2 Å². The Morgan fingerprint density at radius 3 is 2.92 bits per heavy atom. The van der Waals surface area contributed by atoms with E-state index in [0.29, 0.717) is 46.2 Å². The van der Waals surface area contributed by atoms with Crippen molar-refractivity contribution in [2.24, 2.45) is 16.6 Å². The highest BCUT2D eigenvalue weighted by atomic mass is 32.2. The lowest BCUT2D eigenvalue weighted by Crippen LogP contribution is -2.45. The van der Waals surface area contributed by atoms with Crippen molar-refractivity contribution in [1.82, 2.24) is 19.9 Å². The number of halogens is 1. The number of rotatable bonds is 6. The maximum Gasteiger partial charge on any atom is 0.239 e. The topological polar surface area (TPSA) is 107 Å². The molecular formula is C28H27FN6O2S. The fraction of sp³-hybridized carbons (Fsp3) is 0.393. The van der Waals surface area contributed by atoms with Crippen molar-refractivity contribution in [2.45, 2.75) is 42.9 Å². The number of carbonyl (C=O) groups is 1. The summed E-state index contributed by atoms with van der Waals surface area (Å²) in [5.74, 6) is 2.36. The Bertz CT molecular complexity index is 1520. The largest absolute Gasteiger partial charge is 0.463 e. The van der Waals surface area contributed by atoms with Gasteiger partial charge in [-0.25, -0.2) is 14.4 Å². The lowest BCUT2D eigenvalue weighted by molar-refractivity contribution is -0.130. The predicted molar refractivity (Wildman–Crippen MR) is 144 cm³/mol. The van der Waals surface area contributed by atoms with Crippen LogP contribution in [0.3, 0.4) is 0 Å². The van der Waals surface area contributed by atoms with E-state index in [1.54, 1.807) is 18.3 Å². The number of terminal acetylenes is 1. The van der Waals surface area contributed by atoms with E-state index in [-0.39, 0.29) is 24.2 Å². The average Bonchev–Trinajstić information content (AvgIpc) is 3.41. The van der Waals surface area contributed by atoms with Gasteiger partial charge in [0.1, 0.15) is 16.1 Å². The molecule has 1 saturated heterocycles. The van der Waals surface area contributed by atoms with Gasteiger partial charge in [0.15, 0.2) is 11.8 Å². The Hall–Kier alpha value is -3.71. The molecule has 1 aliphatic carbocycles. The minimum Gasteiger partial charge on any atom is -0.463 e. The number of hydrogen-bond acceptors (Lipinski definition) is 8. The molecule has 3 atom stereocenters. The number of carbonyl (C=O) groups excluding carboxylic acids is 1. The van der Waals surface area contributed by atoms with Gasteiger partial charge in [-0.15, -0.1) is 6.42 Å². The number of likely N-dealkylation sites (tertiary alicyclic amines) is 1. The van der Waals surface area contributed by atoms with E-state index in [9.17, 15) is 4.79 Å². The molecule has 38 heavy (non-hydrogen) atoms. The number of pyridine rings is 1. The normalized spacial score (nSPS) is 26.0. The summed E-state index contributed by atoms with van der Waals surface area (Å²) in [6.07, 6.45) is 11.5. The van der Waals surface area contributed by atoms with E-state index in [2.05, 4.69) is 20.9 Å². The van der Waals surface area contributed by atoms with E-state index < -0.39 is 10.3 Å². The quantitative estimate of drug-likeness (QED) is 0.487. The highest BCUT2D eigenvalue weighted by Crippen LogP contribution is 2.66. The molecule has 194 valence electrons. The van der Waals surface area contributed by atoms with Crippen molar-refractivity contribution < 1.29 is 13.9 Å². The van der Waals surface area contributed by atoms with E-state index in [4.69, 9.17) is 21.9 Å². The van der Waals surface area contributed by atoms with Gasteiger partial charge in [0.2, 0.25) is 11.8 Å². The number of amidine groups is 1. The third-order valence-electron chi connectivity index (χ3n) is 7.74. The molecule has 1 aromatic carbocycles. The number of hydrogen-bond donors (Lipinski definition) is 1. The number of ether oxygens (including phenoxy) is 1. The molecule has 0 bridgehead atoms. The van der Waals surface area contributed by atoms with Crippen LogP contribution in [0.1, 0.15) is 43.0 Å². The first-order chi connectivity index (χ1) is 18.3. The first-order valence-corrected chi connectivity index (χ1v) is 13.5. The zero-order chi connectivity index (χ0) is 26.5. The van der Waals surface area contributed by atoms with Gasteiger partial charge >= 0.3 is 0 Å². The molecule has 2 N–H and O–H groups in total. The maximum atomic E-state index is 15.4. The second-order valence-corrected chi connectivity index (χ2v) is 11.5. The van der Waals surface area contributed by atoms with Gasteiger partial charge in [0, 0.05) is 37.2 Å². The molecule has 4 heterocycles. The Labute approximate surface area is 224 Å². The minimum absolute atomic E-state index is 0.104. The van der Waals surface area contributed by atoms with Crippen LogP contribution >= 0.6 is 11.8 Å². The summed E-state index contributed by atoms with van der Waals surface area (Å²) in [5.41, 5.74) is 8.58.